The van der Waals surface area contributed by atoms with Gasteiger partial charge in [0.15, 0.2) is 18.3 Å². The molecular weight excluding hydrogens is 382 g/mol. The zero-order valence-electron chi connectivity index (χ0n) is 15.7. The van der Waals surface area contributed by atoms with E-state index in [0.29, 0.717) is 29.7 Å². The molecule has 146 valence electrons. The molecule has 28 heavy (non-hydrogen) atoms. The van der Waals surface area contributed by atoms with E-state index in [1.54, 1.807) is 25.3 Å². The number of halogens is 1. The van der Waals surface area contributed by atoms with Crippen LogP contribution < -0.4 is 14.2 Å². The molecule has 6 nitrogen and oxygen atoms in total. The normalized spacial score (nSPS) is 15.4. The highest BCUT2D eigenvalue weighted by atomic mass is 35.5. The third kappa shape index (κ3) is 3.53. The first-order valence-corrected chi connectivity index (χ1v) is 9.21. The molecule has 2 aromatic carbocycles. The number of ether oxygens (including phenoxy) is 4. The van der Waals surface area contributed by atoms with Crippen molar-refractivity contribution in [3.05, 3.63) is 57.7 Å². The zero-order chi connectivity index (χ0) is 19.7. The van der Waals surface area contributed by atoms with E-state index in [-0.39, 0.29) is 19.1 Å². The van der Waals surface area contributed by atoms with Crippen molar-refractivity contribution in [1.82, 2.24) is 4.90 Å². The Hall–Kier alpha value is -2.70. The van der Waals surface area contributed by atoms with Crippen LogP contribution in [0.5, 0.6) is 17.2 Å². The summed E-state index contributed by atoms with van der Waals surface area (Å²) in [6.07, 6.45) is 3.95. The largest absolute Gasteiger partial charge is 0.493 e. The molecule has 2 aromatic rings. The molecule has 0 spiro atoms. The van der Waals surface area contributed by atoms with Gasteiger partial charge in [-0.3, -0.25) is 4.79 Å². The lowest BCUT2D eigenvalue weighted by atomic mass is 10.0. The molecule has 0 aliphatic carbocycles. The van der Waals surface area contributed by atoms with Crippen molar-refractivity contribution in [2.75, 3.05) is 21.0 Å². The van der Waals surface area contributed by atoms with Crippen molar-refractivity contribution >= 4 is 23.6 Å². The molecule has 0 aromatic heterocycles. The van der Waals surface area contributed by atoms with Gasteiger partial charge in [0, 0.05) is 22.3 Å². The van der Waals surface area contributed by atoms with Crippen LogP contribution in [0.4, 0.5) is 0 Å². The highest BCUT2D eigenvalue weighted by Gasteiger charge is 2.23. The van der Waals surface area contributed by atoms with Crippen LogP contribution >= 0.6 is 11.6 Å². The topological polar surface area (TPSA) is 57.2 Å². The number of hydrogen-bond acceptors (Lipinski definition) is 5. The number of carbonyl (C=O) groups is 1. The van der Waals surface area contributed by atoms with Gasteiger partial charge in [0.2, 0.25) is 5.91 Å². The fraction of sp³-hybridized carbons (Fsp3) is 0.286. The number of amides is 1. The molecule has 0 radical (unpaired) electrons. The van der Waals surface area contributed by atoms with Crippen molar-refractivity contribution in [1.29, 1.82) is 0 Å². The molecule has 2 heterocycles. The summed E-state index contributed by atoms with van der Waals surface area (Å²) in [6.45, 7) is 0.995. The molecule has 7 heteroatoms. The molecule has 0 bridgehead atoms. The van der Waals surface area contributed by atoms with Gasteiger partial charge in [-0.1, -0.05) is 11.6 Å². The number of benzene rings is 2. The van der Waals surface area contributed by atoms with E-state index in [0.717, 1.165) is 28.0 Å². The highest BCUT2D eigenvalue weighted by molar-refractivity contribution is 6.30. The van der Waals surface area contributed by atoms with Gasteiger partial charge in [-0.2, -0.15) is 0 Å². The van der Waals surface area contributed by atoms with Gasteiger partial charge in [0.1, 0.15) is 5.75 Å². The molecule has 0 saturated carbocycles. The van der Waals surface area contributed by atoms with Gasteiger partial charge in [-0.15, -0.1) is 0 Å². The lowest BCUT2D eigenvalue weighted by Gasteiger charge is -2.24. The van der Waals surface area contributed by atoms with E-state index in [1.165, 1.54) is 0 Å². The van der Waals surface area contributed by atoms with Gasteiger partial charge in [0.05, 0.1) is 33.8 Å². The molecule has 0 unspecified atom stereocenters. The van der Waals surface area contributed by atoms with E-state index < -0.39 is 0 Å². The standard InChI is InChI=1S/C21H20ClNO5/c1-25-18-7-13-3-4-23(20(24)9-14(13)8-19(18)26-2)10-15-5-17(22)6-16-11-27-12-28-21(15)16/h3-8H,9-12H2,1-2H3. The second-order valence-electron chi connectivity index (χ2n) is 6.58. The number of nitrogens with zero attached hydrogens (tertiary/aromatic N) is 1. The highest BCUT2D eigenvalue weighted by Crippen LogP contribution is 2.35. The predicted molar refractivity (Wildman–Crippen MR) is 105 cm³/mol. The summed E-state index contributed by atoms with van der Waals surface area (Å²) in [4.78, 5) is 14.6. The molecule has 1 amide bonds. The van der Waals surface area contributed by atoms with Crippen LogP contribution in [-0.2, 0) is 29.1 Å². The van der Waals surface area contributed by atoms with Crippen LogP contribution in [0.3, 0.4) is 0 Å². The maximum absolute atomic E-state index is 12.9. The Kier molecular flexibility index (Phi) is 5.15. The van der Waals surface area contributed by atoms with Crippen LogP contribution in [0.1, 0.15) is 22.3 Å². The minimum absolute atomic E-state index is 0.0250. The summed E-state index contributed by atoms with van der Waals surface area (Å²) in [7, 11) is 3.17. The Morgan fingerprint density at radius 3 is 2.68 bits per heavy atom. The van der Waals surface area contributed by atoms with Gasteiger partial charge < -0.3 is 23.8 Å². The monoisotopic (exact) mass is 401 g/mol. The van der Waals surface area contributed by atoms with E-state index in [9.17, 15) is 4.79 Å². The molecule has 0 saturated heterocycles. The summed E-state index contributed by atoms with van der Waals surface area (Å²) in [5.41, 5.74) is 3.55. The molecule has 2 aliphatic rings. The number of rotatable bonds is 4. The van der Waals surface area contributed by atoms with Crippen LogP contribution in [0.25, 0.3) is 6.08 Å². The minimum atomic E-state index is -0.0250. The van der Waals surface area contributed by atoms with E-state index in [1.807, 2.05) is 30.3 Å². The van der Waals surface area contributed by atoms with E-state index in [4.69, 9.17) is 30.5 Å². The Morgan fingerprint density at radius 1 is 1.11 bits per heavy atom. The quantitative estimate of drug-likeness (QED) is 0.780. The lowest BCUT2D eigenvalue weighted by Crippen LogP contribution is -2.26. The summed E-state index contributed by atoms with van der Waals surface area (Å²) in [5, 5.41) is 0.590. The minimum Gasteiger partial charge on any atom is -0.493 e. The Morgan fingerprint density at radius 2 is 1.89 bits per heavy atom. The van der Waals surface area contributed by atoms with Crippen LogP contribution in [0, 0.1) is 0 Å². The first-order valence-electron chi connectivity index (χ1n) is 8.83. The zero-order valence-corrected chi connectivity index (χ0v) is 16.4. The smallest absolute Gasteiger partial charge is 0.231 e. The maximum Gasteiger partial charge on any atom is 0.231 e. The van der Waals surface area contributed by atoms with Crippen molar-refractivity contribution in [2.24, 2.45) is 0 Å². The van der Waals surface area contributed by atoms with E-state index >= 15 is 0 Å². The number of carbonyl (C=O) groups excluding carboxylic acids is 1. The van der Waals surface area contributed by atoms with Crippen molar-refractivity contribution in [2.45, 2.75) is 19.6 Å². The molecule has 4 rings (SSSR count). The van der Waals surface area contributed by atoms with E-state index in [2.05, 4.69) is 0 Å². The second kappa shape index (κ2) is 7.73. The van der Waals surface area contributed by atoms with Gasteiger partial charge >= 0.3 is 0 Å². The van der Waals surface area contributed by atoms with Crippen molar-refractivity contribution in [3.8, 4) is 17.2 Å². The summed E-state index contributed by atoms with van der Waals surface area (Å²) in [5.74, 6) is 1.95. The third-order valence-corrected chi connectivity index (χ3v) is 5.05. The SMILES string of the molecule is COc1cc2c(cc1OC)CC(=O)N(Cc1cc(Cl)cc3c1OCOC3)C=C2. The fourth-order valence-electron chi connectivity index (χ4n) is 3.46. The Labute approximate surface area is 168 Å². The molecular formula is C21H20ClNO5. The number of methoxy groups -OCH3 is 2. The first-order chi connectivity index (χ1) is 13.6. The van der Waals surface area contributed by atoms with Gasteiger partial charge in [-0.05, 0) is 41.5 Å². The Balaban J connectivity index is 1.64. The average Bonchev–Trinajstić information content (AvgIpc) is 2.85. The van der Waals surface area contributed by atoms with Gasteiger partial charge in [-0.25, -0.2) is 0 Å². The predicted octanol–water partition coefficient (Wildman–Crippen LogP) is 3.78. The fourth-order valence-corrected chi connectivity index (χ4v) is 3.72. The van der Waals surface area contributed by atoms with Crippen LogP contribution in [0.2, 0.25) is 5.02 Å². The maximum atomic E-state index is 12.9. The molecule has 2 aliphatic heterocycles. The van der Waals surface area contributed by atoms with Crippen LogP contribution in [-0.4, -0.2) is 31.8 Å². The molecule has 0 atom stereocenters. The molecule has 0 fully saturated rings. The second-order valence-corrected chi connectivity index (χ2v) is 7.02. The number of hydrogen-bond donors (Lipinski definition) is 0. The first kappa shape index (κ1) is 18.7. The third-order valence-electron chi connectivity index (χ3n) is 4.83. The summed E-state index contributed by atoms with van der Waals surface area (Å²) < 4.78 is 21.7. The summed E-state index contributed by atoms with van der Waals surface area (Å²) in [6, 6.07) is 7.38. The number of fused-ring (bicyclic) bond motifs is 2. The Bertz CT molecular complexity index is 956. The van der Waals surface area contributed by atoms with Gasteiger partial charge in [0.25, 0.3) is 0 Å². The van der Waals surface area contributed by atoms with Crippen molar-refractivity contribution in [3.63, 3.8) is 0 Å². The summed E-state index contributed by atoms with van der Waals surface area (Å²) >= 11 is 6.25. The van der Waals surface area contributed by atoms with Crippen molar-refractivity contribution < 1.29 is 23.7 Å². The average molecular weight is 402 g/mol. The molecule has 0 N–H and O–H groups in total. The lowest BCUT2D eigenvalue weighted by molar-refractivity contribution is -0.128. The van der Waals surface area contributed by atoms with Crippen LogP contribution in [0.15, 0.2) is 30.5 Å².